The van der Waals surface area contributed by atoms with Crippen molar-refractivity contribution in [1.82, 2.24) is 0 Å². The maximum atomic E-state index is 12.7. The Labute approximate surface area is 124 Å². The number of nitro groups is 1. The van der Waals surface area contributed by atoms with Crippen LogP contribution in [0.1, 0.15) is 0 Å². The van der Waals surface area contributed by atoms with E-state index in [0.717, 1.165) is 0 Å². The Morgan fingerprint density at radius 1 is 1.27 bits per heavy atom. The molecule has 0 saturated heterocycles. The van der Waals surface area contributed by atoms with Crippen LogP contribution in [-0.2, 0) is 0 Å². The second-order valence-corrected chi connectivity index (χ2v) is 2.54. The molecule has 0 N–H and O–H groups in total. The molecule has 0 aliphatic carbocycles. The molecule has 0 unspecified atom stereocenters. The summed E-state index contributed by atoms with van der Waals surface area (Å²) in [7, 11) is 0. The van der Waals surface area contributed by atoms with Gasteiger partial charge in [-0.25, -0.2) is 4.39 Å². The molecule has 1 aromatic rings. The van der Waals surface area contributed by atoms with Crippen molar-refractivity contribution in [2.24, 2.45) is 0 Å². The summed E-state index contributed by atoms with van der Waals surface area (Å²) < 4.78 is 48.8. The van der Waals surface area contributed by atoms with Crippen molar-refractivity contribution in [2.75, 3.05) is 0 Å². The number of non-ortho nitro benzene ring substituents is 1. The number of hydrogen-bond donors (Lipinski definition) is 0. The Balaban J connectivity index is 0.00000196. The van der Waals surface area contributed by atoms with E-state index in [1.54, 1.807) is 0 Å². The van der Waals surface area contributed by atoms with Crippen LogP contribution in [0.2, 0.25) is 0 Å². The standard InChI is InChI=1S/C6H3BF4NO2.K/c8-6-3-4(12(13)14)1-2-5(6)7(9,10)11;/h1-3H;/q-1;+1. The summed E-state index contributed by atoms with van der Waals surface area (Å²) in [4.78, 5) is 9.11. The molecule has 0 bridgehead atoms. The van der Waals surface area contributed by atoms with E-state index in [1.807, 2.05) is 0 Å². The predicted molar refractivity (Wildman–Crippen MR) is 41.8 cm³/mol. The summed E-state index contributed by atoms with van der Waals surface area (Å²) in [5.74, 6) is -1.62. The monoisotopic (exact) mass is 247 g/mol. The van der Waals surface area contributed by atoms with E-state index in [-0.39, 0.29) is 57.5 Å². The molecule has 0 amide bonds. The maximum absolute atomic E-state index is 12.7. The Hall–Kier alpha value is 0.0413. The van der Waals surface area contributed by atoms with Gasteiger partial charge in [-0.3, -0.25) is 10.1 Å². The van der Waals surface area contributed by atoms with Crippen molar-refractivity contribution in [3.05, 3.63) is 34.1 Å². The van der Waals surface area contributed by atoms with E-state index in [2.05, 4.69) is 0 Å². The first-order valence-corrected chi connectivity index (χ1v) is 3.46. The summed E-state index contributed by atoms with van der Waals surface area (Å²) in [5, 5.41) is 10.1. The summed E-state index contributed by atoms with van der Waals surface area (Å²) in [5.41, 5.74) is -2.15. The van der Waals surface area contributed by atoms with Gasteiger partial charge in [0.1, 0.15) is 5.82 Å². The van der Waals surface area contributed by atoms with Gasteiger partial charge in [-0.2, -0.15) is 0 Å². The predicted octanol–water partition coefficient (Wildman–Crippen LogP) is -1.21. The van der Waals surface area contributed by atoms with E-state index >= 15 is 0 Å². The van der Waals surface area contributed by atoms with Crippen LogP contribution in [0.3, 0.4) is 0 Å². The van der Waals surface area contributed by atoms with Gasteiger partial charge >= 0.3 is 58.4 Å². The molecule has 15 heavy (non-hydrogen) atoms. The minimum atomic E-state index is -5.46. The first-order chi connectivity index (χ1) is 6.32. The van der Waals surface area contributed by atoms with Gasteiger partial charge in [-0.05, 0) is 0 Å². The van der Waals surface area contributed by atoms with Crippen LogP contribution < -0.4 is 56.8 Å². The van der Waals surface area contributed by atoms with E-state index in [0.29, 0.717) is 12.1 Å². The van der Waals surface area contributed by atoms with Gasteiger partial charge in [0.05, 0.1) is 4.92 Å². The zero-order valence-electron chi connectivity index (χ0n) is 7.58. The molecular weight excluding hydrogens is 244 g/mol. The molecule has 1 rings (SSSR count). The van der Waals surface area contributed by atoms with Gasteiger partial charge in [-0.15, -0.1) is 0 Å². The zero-order chi connectivity index (χ0) is 10.9. The van der Waals surface area contributed by atoms with Crippen LogP contribution in [0.25, 0.3) is 0 Å². The van der Waals surface area contributed by atoms with Crippen LogP contribution in [0.15, 0.2) is 18.2 Å². The maximum Gasteiger partial charge on any atom is 1.00 e. The topological polar surface area (TPSA) is 43.1 Å². The second-order valence-electron chi connectivity index (χ2n) is 2.54. The molecule has 76 valence electrons. The fraction of sp³-hybridized carbons (Fsp3) is 0. The second kappa shape index (κ2) is 5.39. The van der Waals surface area contributed by atoms with Crippen molar-refractivity contribution >= 4 is 18.1 Å². The van der Waals surface area contributed by atoms with Gasteiger partial charge in [-0.1, -0.05) is 11.5 Å². The van der Waals surface area contributed by atoms with E-state index in [9.17, 15) is 27.5 Å². The molecular formula is C6H3BF4KNO2. The van der Waals surface area contributed by atoms with Crippen LogP contribution in [0.4, 0.5) is 23.0 Å². The van der Waals surface area contributed by atoms with Crippen molar-refractivity contribution in [3.63, 3.8) is 0 Å². The summed E-state index contributed by atoms with van der Waals surface area (Å²) in [6.45, 7) is -5.46. The molecule has 1 aromatic carbocycles. The van der Waals surface area contributed by atoms with Crippen molar-refractivity contribution in [1.29, 1.82) is 0 Å². The smallest absolute Gasteiger partial charge is 0.445 e. The Kier molecular flexibility index (Phi) is 5.41. The zero-order valence-corrected chi connectivity index (χ0v) is 10.7. The first kappa shape index (κ1) is 15.0. The Bertz CT molecular complexity index is 384. The number of nitrogens with zero attached hydrogens (tertiary/aromatic N) is 1. The van der Waals surface area contributed by atoms with Crippen LogP contribution >= 0.6 is 0 Å². The van der Waals surface area contributed by atoms with Crippen LogP contribution in [-0.4, -0.2) is 11.9 Å². The fourth-order valence-electron chi connectivity index (χ4n) is 0.895. The molecule has 9 heteroatoms. The van der Waals surface area contributed by atoms with Gasteiger partial charge < -0.3 is 12.9 Å². The summed E-state index contributed by atoms with van der Waals surface area (Å²) in [6, 6.07) is 1.24. The summed E-state index contributed by atoms with van der Waals surface area (Å²) in [6.07, 6.45) is 0. The molecule has 0 radical (unpaired) electrons. The van der Waals surface area contributed by atoms with E-state index < -0.39 is 28.9 Å². The molecule has 3 nitrogen and oxygen atoms in total. The molecule has 0 aromatic heterocycles. The number of nitro benzene ring substituents is 1. The number of hydrogen-bond acceptors (Lipinski definition) is 2. The van der Waals surface area contributed by atoms with Gasteiger partial charge in [0.25, 0.3) is 5.69 Å². The molecule has 0 saturated carbocycles. The largest absolute Gasteiger partial charge is 1.00 e. The molecule has 0 aliphatic rings. The normalized spacial score (nSPS) is 10.7. The van der Waals surface area contributed by atoms with E-state index in [1.165, 1.54) is 0 Å². The average Bonchev–Trinajstić information content (AvgIpc) is 2.01. The van der Waals surface area contributed by atoms with Crippen molar-refractivity contribution < 1.29 is 73.6 Å². The van der Waals surface area contributed by atoms with Gasteiger partial charge in [0, 0.05) is 12.1 Å². The number of halogens is 4. The Morgan fingerprint density at radius 2 is 1.80 bits per heavy atom. The molecule has 0 spiro atoms. The molecule has 0 heterocycles. The number of rotatable bonds is 2. The quantitative estimate of drug-likeness (QED) is 0.285. The third kappa shape index (κ3) is 3.83. The molecule has 0 fully saturated rings. The fourth-order valence-corrected chi connectivity index (χ4v) is 0.895. The van der Waals surface area contributed by atoms with Crippen LogP contribution in [0.5, 0.6) is 0 Å². The third-order valence-corrected chi connectivity index (χ3v) is 1.55. The first-order valence-electron chi connectivity index (χ1n) is 3.46. The molecule has 0 atom stereocenters. The SMILES string of the molecule is O=[N+]([O-])c1ccc([B-](F)(F)F)c(F)c1.[K+]. The van der Waals surface area contributed by atoms with Crippen molar-refractivity contribution in [2.45, 2.75) is 0 Å². The van der Waals surface area contributed by atoms with Crippen LogP contribution in [0, 0.1) is 15.9 Å². The molecule has 0 aliphatic heterocycles. The van der Waals surface area contributed by atoms with Gasteiger partial charge in [0.15, 0.2) is 0 Å². The third-order valence-electron chi connectivity index (χ3n) is 1.55. The number of benzene rings is 1. The minimum Gasteiger partial charge on any atom is -0.445 e. The average molecular weight is 247 g/mol. The van der Waals surface area contributed by atoms with E-state index in [4.69, 9.17) is 0 Å². The van der Waals surface area contributed by atoms with Crippen molar-refractivity contribution in [3.8, 4) is 0 Å². The van der Waals surface area contributed by atoms with Gasteiger partial charge in [0.2, 0.25) is 0 Å². The Morgan fingerprint density at radius 3 is 2.13 bits per heavy atom. The minimum absolute atomic E-state index is 0. The summed E-state index contributed by atoms with van der Waals surface area (Å²) >= 11 is 0.